The Bertz CT molecular complexity index is 1650. The normalized spacial score (nSPS) is 16.7. The summed E-state index contributed by atoms with van der Waals surface area (Å²) in [5, 5.41) is 13.8. The van der Waals surface area contributed by atoms with Crippen LogP contribution < -0.4 is 15.8 Å². The zero-order chi connectivity index (χ0) is 24.0. The first kappa shape index (κ1) is 21.9. The lowest BCUT2D eigenvalue weighted by atomic mass is 10.0. The molecule has 6 rings (SSSR count). The molecule has 3 aromatic carbocycles. The Labute approximate surface area is 203 Å². The molecule has 8 heteroatoms. The van der Waals surface area contributed by atoms with Crippen LogP contribution in [0.4, 0.5) is 0 Å². The molecular formula is C27H25N5O2S. The van der Waals surface area contributed by atoms with Gasteiger partial charge in [0.05, 0.1) is 16.8 Å². The molecule has 2 aromatic heterocycles. The highest BCUT2D eigenvalue weighted by Gasteiger charge is 2.17. The number of nitrogens with two attached hydrogens (primary N) is 1. The molecule has 4 N–H and O–H groups in total. The van der Waals surface area contributed by atoms with Crippen LogP contribution in [-0.2, 0) is 10.0 Å². The van der Waals surface area contributed by atoms with Crippen molar-refractivity contribution in [2.45, 2.75) is 10.9 Å². The molecule has 1 aliphatic rings. The van der Waals surface area contributed by atoms with Gasteiger partial charge >= 0.3 is 0 Å². The van der Waals surface area contributed by atoms with Gasteiger partial charge in [-0.05, 0) is 40.3 Å². The quantitative estimate of drug-likeness (QED) is 0.362. The summed E-state index contributed by atoms with van der Waals surface area (Å²) in [6, 6.07) is 23.9. The van der Waals surface area contributed by atoms with Gasteiger partial charge in [-0.2, -0.15) is 0 Å². The fraction of sp³-hybridized carbons (Fsp3) is 0.148. The molecule has 0 aliphatic carbocycles. The molecule has 7 nitrogen and oxygen atoms in total. The van der Waals surface area contributed by atoms with Gasteiger partial charge in [0.15, 0.2) is 0 Å². The number of imidazole rings is 1. The first-order chi connectivity index (χ1) is 17.0. The summed E-state index contributed by atoms with van der Waals surface area (Å²) in [6.07, 6.45) is 3.83. The van der Waals surface area contributed by atoms with Crippen molar-refractivity contribution in [3.05, 3.63) is 90.8 Å². The predicted octanol–water partition coefficient (Wildman–Crippen LogP) is 3.70. The van der Waals surface area contributed by atoms with E-state index in [-0.39, 0.29) is 4.90 Å². The van der Waals surface area contributed by atoms with E-state index in [4.69, 9.17) is 5.14 Å². The molecule has 0 radical (unpaired) electrons. The van der Waals surface area contributed by atoms with Crippen LogP contribution in [0.3, 0.4) is 0 Å². The zero-order valence-electron chi connectivity index (χ0n) is 19.0. The molecule has 5 aromatic rings. The lowest BCUT2D eigenvalue weighted by molar-refractivity contribution is 0.430. The Hall–Kier alpha value is -3.56. The Morgan fingerprint density at radius 1 is 0.914 bits per heavy atom. The maximum atomic E-state index is 12.1. The van der Waals surface area contributed by atoms with E-state index < -0.39 is 10.0 Å². The minimum Gasteiger partial charge on any atom is -0.314 e. The summed E-state index contributed by atoms with van der Waals surface area (Å²) >= 11 is 0. The van der Waals surface area contributed by atoms with E-state index in [1.165, 1.54) is 5.56 Å². The third-order valence-electron chi connectivity index (χ3n) is 6.67. The van der Waals surface area contributed by atoms with Crippen LogP contribution in [-0.4, -0.2) is 37.4 Å². The van der Waals surface area contributed by atoms with Gasteiger partial charge in [-0.15, -0.1) is 0 Å². The van der Waals surface area contributed by atoms with Crippen molar-refractivity contribution in [3.63, 3.8) is 0 Å². The van der Waals surface area contributed by atoms with Crippen molar-refractivity contribution >= 4 is 26.4 Å². The minimum absolute atomic E-state index is 0.121. The number of aromatic nitrogens is 2. The molecule has 3 heterocycles. The molecule has 176 valence electrons. The Balaban J connectivity index is 1.38. The van der Waals surface area contributed by atoms with E-state index in [0.717, 1.165) is 53.1 Å². The molecule has 1 saturated heterocycles. The second-order valence-corrected chi connectivity index (χ2v) is 10.4. The number of piperazine rings is 1. The number of benzene rings is 3. The summed E-state index contributed by atoms with van der Waals surface area (Å²) in [5.41, 5.74) is 6.10. The van der Waals surface area contributed by atoms with Crippen LogP contribution in [0.2, 0.25) is 0 Å². The molecule has 35 heavy (non-hydrogen) atoms. The number of sulfonamides is 1. The first-order valence-electron chi connectivity index (χ1n) is 11.6. The summed E-state index contributed by atoms with van der Waals surface area (Å²) in [4.78, 5) is 4.77. The summed E-state index contributed by atoms with van der Waals surface area (Å²) in [7, 11) is -3.83. The Morgan fingerprint density at radius 3 is 2.46 bits per heavy atom. The molecule has 1 unspecified atom stereocenters. The number of hydrogen-bond acceptors (Lipinski definition) is 5. The van der Waals surface area contributed by atoms with Crippen LogP contribution in [0.1, 0.15) is 11.6 Å². The number of hydrogen-bond donors (Lipinski definition) is 3. The van der Waals surface area contributed by atoms with Gasteiger partial charge in [0.2, 0.25) is 10.0 Å². The van der Waals surface area contributed by atoms with Crippen LogP contribution in [0.15, 0.2) is 90.1 Å². The maximum Gasteiger partial charge on any atom is 0.238 e. The van der Waals surface area contributed by atoms with Crippen molar-refractivity contribution in [1.29, 1.82) is 0 Å². The molecule has 1 atom stereocenters. The van der Waals surface area contributed by atoms with E-state index in [9.17, 15) is 8.42 Å². The van der Waals surface area contributed by atoms with Crippen LogP contribution in [0, 0.1) is 0 Å². The third-order valence-corrected chi connectivity index (χ3v) is 7.64. The SMILES string of the molecule is NS(=O)(=O)c1ccc(-c2cnc3cc(-c4ccc(C5CNCCN5)cc4)ccn23)c2ccccc12. The second kappa shape index (κ2) is 8.58. The van der Waals surface area contributed by atoms with E-state index >= 15 is 0 Å². The van der Waals surface area contributed by atoms with Crippen LogP contribution in [0.5, 0.6) is 0 Å². The molecule has 0 saturated carbocycles. The topological polar surface area (TPSA) is 102 Å². The molecule has 1 aliphatic heterocycles. The molecule has 0 bridgehead atoms. The Morgan fingerprint density at radius 2 is 1.71 bits per heavy atom. The lowest BCUT2D eigenvalue weighted by Crippen LogP contribution is -2.42. The predicted molar refractivity (Wildman–Crippen MR) is 139 cm³/mol. The highest BCUT2D eigenvalue weighted by Crippen LogP contribution is 2.33. The van der Waals surface area contributed by atoms with Gasteiger partial charge in [0.25, 0.3) is 0 Å². The third kappa shape index (κ3) is 4.00. The van der Waals surface area contributed by atoms with Gasteiger partial charge in [-0.25, -0.2) is 18.5 Å². The number of rotatable bonds is 4. The monoisotopic (exact) mass is 483 g/mol. The van der Waals surface area contributed by atoms with Crippen molar-refractivity contribution in [1.82, 2.24) is 20.0 Å². The lowest BCUT2D eigenvalue weighted by Gasteiger charge is -2.25. The average Bonchev–Trinajstić information content (AvgIpc) is 3.31. The fourth-order valence-electron chi connectivity index (χ4n) is 4.90. The number of fused-ring (bicyclic) bond motifs is 2. The van der Waals surface area contributed by atoms with Crippen LogP contribution in [0.25, 0.3) is 38.8 Å². The van der Waals surface area contributed by atoms with Crippen molar-refractivity contribution < 1.29 is 8.42 Å². The highest BCUT2D eigenvalue weighted by molar-refractivity contribution is 7.89. The van der Waals surface area contributed by atoms with Crippen molar-refractivity contribution in [2.75, 3.05) is 19.6 Å². The number of pyridine rings is 1. The van der Waals surface area contributed by atoms with Gasteiger partial charge < -0.3 is 10.6 Å². The van der Waals surface area contributed by atoms with Gasteiger partial charge in [-0.1, -0.05) is 54.6 Å². The highest BCUT2D eigenvalue weighted by atomic mass is 32.2. The largest absolute Gasteiger partial charge is 0.314 e. The van der Waals surface area contributed by atoms with Gasteiger partial charge in [-0.3, -0.25) is 4.40 Å². The molecule has 0 spiro atoms. The number of nitrogens with zero attached hydrogens (tertiary/aromatic N) is 2. The summed E-state index contributed by atoms with van der Waals surface area (Å²) in [5.74, 6) is 0. The standard InChI is InChI=1S/C27H25N5O2S/c28-35(33,34)26-10-9-22(21-3-1-2-4-23(21)26)25-17-31-27-15-20(11-14-32(25)27)18-5-7-19(8-6-18)24-16-29-12-13-30-24/h1-11,14-15,17,24,29-30H,12-13,16H2,(H2,28,33,34). The van der Waals surface area contributed by atoms with Crippen molar-refractivity contribution in [2.24, 2.45) is 5.14 Å². The van der Waals surface area contributed by atoms with Gasteiger partial charge in [0.1, 0.15) is 5.65 Å². The number of nitrogens with one attached hydrogen (secondary N) is 2. The zero-order valence-corrected chi connectivity index (χ0v) is 19.8. The summed E-state index contributed by atoms with van der Waals surface area (Å²) in [6.45, 7) is 2.92. The van der Waals surface area contributed by atoms with E-state index in [1.807, 2.05) is 35.0 Å². The first-order valence-corrected chi connectivity index (χ1v) is 13.1. The molecule has 1 fully saturated rings. The molecular weight excluding hydrogens is 458 g/mol. The smallest absolute Gasteiger partial charge is 0.238 e. The average molecular weight is 484 g/mol. The van der Waals surface area contributed by atoms with E-state index in [1.54, 1.807) is 18.2 Å². The van der Waals surface area contributed by atoms with Gasteiger partial charge in [0, 0.05) is 42.8 Å². The van der Waals surface area contributed by atoms with E-state index in [0.29, 0.717) is 11.4 Å². The maximum absolute atomic E-state index is 12.1. The van der Waals surface area contributed by atoms with E-state index in [2.05, 4.69) is 52.0 Å². The fourth-order valence-corrected chi connectivity index (χ4v) is 5.64. The number of primary sulfonamides is 1. The van der Waals surface area contributed by atoms with Crippen LogP contribution >= 0.6 is 0 Å². The minimum atomic E-state index is -3.83. The van der Waals surface area contributed by atoms with Crippen molar-refractivity contribution in [3.8, 4) is 22.4 Å². The Kier molecular flexibility index (Phi) is 5.38. The molecule has 0 amide bonds. The second-order valence-electron chi connectivity index (χ2n) is 8.82. The summed E-state index contributed by atoms with van der Waals surface area (Å²) < 4.78 is 26.2.